The second-order valence-corrected chi connectivity index (χ2v) is 6.70. The summed E-state index contributed by atoms with van der Waals surface area (Å²) in [4.78, 5) is 23.3. The zero-order valence-electron chi connectivity index (χ0n) is 14.4. The fourth-order valence-corrected chi connectivity index (χ4v) is 3.59. The van der Waals surface area contributed by atoms with E-state index in [-0.39, 0.29) is 39.8 Å². The Morgan fingerprint density at radius 3 is 2.76 bits per heavy atom. The summed E-state index contributed by atoms with van der Waals surface area (Å²) in [6.45, 7) is -3.18. The highest BCUT2D eigenvalue weighted by molar-refractivity contribution is 6.31. The molecule has 0 bridgehead atoms. The fraction of sp³-hybridized carbons (Fsp3) is 0.176. The Hall–Kier alpha value is -3.34. The molecule has 3 aromatic rings. The predicted octanol–water partition coefficient (Wildman–Crippen LogP) is 3.67. The molecule has 1 amide bonds. The summed E-state index contributed by atoms with van der Waals surface area (Å²) in [7, 11) is 0. The van der Waals surface area contributed by atoms with Crippen molar-refractivity contribution in [3.8, 4) is 11.3 Å². The largest absolute Gasteiger partial charge is 0.342 e. The first-order valence-corrected chi connectivity index (χ1v) is 8.59. The van der Waals surface area contributed by atoms with Crippen LogP contribution in [0, 0.1) is 15.9 Å². The van der Waals surface area contributed by atoms with Gasteiger partial charge >= 0.3 is 6.55 Å². The van der Waals surface area contributed by atoms with Gasteiger partial charge in [0, 0.05) is 28.4 Å². The average molecular weight is 426 g/mol. The summed E-state index contributed by atoms with van der Waals surface area (Å²) >= 11 is 6.14. The quantitative estimate of drug-likeness (QED) is 0.509. The van der Waals surface area contributed by atoms with Crippen LogP contribution in [0.2, 0.25) is 5.02 Å². The Morgan fingerprint density at radius 1 is 1.34 bits per heavy atom. The van der Waals surface area contributed by atoms with Crippen LogP contribution in [0.5, 0.6) is 0 Å². The number of hydrogen-bond acceptors (Lipinski definition) is 4. The maximum absolute atomic E-state index is 13.8. The molecule has 1 N–H and O–H groups in total. The van der Waals surface area contributed by atoms with E-state index >= 15 is 0 Å². The number of amides is 1. The van der Waals surface area contributed by atoms with Crippen molar-refractivity contribution in [2.24, 2.45) is 0 Å². The molecule has 1 aliphatic rings. The molecule has 29 heavy (non-hydrogen) atoms. The third-order valence-corrected chi connectivity index (χ3v) is 4.91. The molecule has 1 atom stereocenters. The van der Waals surface area contributed by atoms with Crippen molar-refractivity contribution >= 4 is 23.2 Å². The number of nitrogens with one attached hydrogen (secondary N) is 1. The van der Waals surface area contributed by atoms with Gasteiger partial charge in [0.25, 0.3) is 5.69 Å². The minimum Gasteiger partial charge on any atom is -0.342 e. The molecular weight excluding hydrogens is 415 g/mol. The van der Waals surface area contributed by atoms with Gasteiger partial charge in [-0.2, -0.15) is 13.9 Å². The van der Waals surface area contributed by atoms with E-state index < -0.39 is 29.2 Å². The van der Waals surface area contributed by atoms with Gasteiger partial charge in [-0.3, -0.25) is 14.9 Å². The van der Waals surface area contributed by atoms with Crippen LogP contribution in [0.4, 0.5) is 18.9 Å². The highest BCUT2D eigenvalue weighted by Gasteiger charge is 2.37. The van der Waals surface area contributed by atoms with Crippen molar-refractivity contribution in [2.45, 2.75) is 19.1 Å². The number of nitrogens with zero attached hydrogens (tertiary/aromatic N) is 4. The molecule has 0 saturated carbocycles. The summed E-state index contributed by atoms with van der Waals surface area (Å²) in [5.41, 5.74) is 0.151. The van der Waals surface area contributed by atoms with E-state index in [1.807, 2.05) is 0 Å². The van der Waals surface area contributed by atoms with Crippen molar-refractivity contribution in [2.75, 3.05) is 0 Å². The van der Waals surface area contributed by atoms with Gasteiger partial charge in [-0.25, -0.2) is 9.07 Å². The van der Waals surface area contributed by atoms with Crippen LogP contribution in [0.3, 0.4) is 0 Å². The summed E-state index contributed by atoms with van der Waals surface area (Å²) in [6, 6.07) is 3.55. The van der Waals surface area contributed by atoms with Crippen molar-refractivity contribution in [1.82, 2.24) is 19.7 Å². The molecular formula is C17H11ClF3N5O3. The van der Waals surface area contributed by atoms with E-state index in [1.54, 1.807) is 0 Å². The lowest BCUT2D eigenvalue weighted by atomic mass is 10.0. The first kappa shape index (κ1) is 19.0. The average Bonchev–Trinajstić information content (AvgIpc) is 3.28. The summed E-state index contributed by atoms with van der Waals surface area (Å²) in [5, 5.41) is 17.9. The Labute approximate surface area is 165 Å². The van der Waals surface area contributed by atoms with Gasteiger partial charge in [0.2, 0.25) is 5.91 Å². The number of rotatable bonds is 4. The molecule has 4 rings (SSSR count). The number of carbonyl (C=O) groups is 1. The molecule has 0 saturated heterocycles. The van der Waals surface area contributed by atoms with Crippen molar-refractivity contribution in [1.29, 1.82) is 0 Å². The molecule has 0 aliphatic carbocycles. The SMILES string of the molecule is O=C1Cn2c(-c3cnn(C(F)F)c3)cc([N+](=O)[O-])c2C(c2cc(F)ccc2Cl)N1. The number of carbonyl (C=O) groups excluding carboxylic acids is 1. The number of fused-ring (bicyclic) bond motifs is 1. The second kappa shape index (κ2) is 6.92. The Morgan fingerprint density at radius 2 is 2.10 bits per heavy atom. The predicted molar refractivity (Wildman–Crippen MR) is 95.0 cm³/mol. The molecule has 1 unspecified atom stereocenters. The number of alkyl halides is 2. The van der Waals surface area contributed by atoms with Crippen molar-refractivity contribution < 1.29 is 22.9 Å². The van der Waals surface area contributed by atoms with Crippen LogP contribution in [0.15, 0.2) is 36.7 Å². The number of nitro groups is 1. The van der Waals surface area contributed by atoms with Gasteiger partial charge in [0.15, 0.2) is 0 Å². The monoisotopic (exact) mass is 425 g/mol. The molecule has 0 spiro atoms. The van der Waals surface area contributed by atoms with Crippen LogP contribution in [-0.4, -0.2) is 25.2 Å². The van der Waals surface area contributed by atoms with Crippen molar-refractivity contribution in [3.05, 3.63) is 68.9 Å². The first-order valence-electron chi connectivity index (χ1n) is 8.21. The van der Waals surface area contributed by atoms with Crippen molar-refractivity contribution in [3.63, 3.8) is 0 Å². The van der Waals surface area contributed by atoms with Gasteiger partial charge in [0.05, 0.1) is 16.8 Å². The molecule has 1 aromatic carbocycles. The smallest absolute Gasteiger partial charge is 0.333 e. The lowest BCUT2D eigenvalue weighted by Crippen LogP contribution is -2.39. The minimum absolute atomic E-state index is 0.0573. The zero-order valence-corrected chi connectivity index (χ0v) is 15.1. The summed E-state index contributed by atoms with van der Waals surface area (Å²) < 4.78 is 41.2. The third kappa shape index (κ3) is 3.23. The molecule has 1 aliphatic heterocycles. The molecule has 2 aromatic heterocycles. The number of hydrogen-bond donors (Lipinski definition) is 1. The summed E-state index contributed by atoms with van der Waals surface area (Å²) in [6.07, 6.45) is 2.14. The van der Waals surface area contributed by atoms with Crippen LogP contribution < -0.4 is 5.32 Å². The van der Waals surface area contributed by atoms with E-state index in [4.69, 9.17) is 11.6 Å². The highest BCUT2D eigenvalue weighted by atomic mass is 35.5. The molecule has 3 heterocycles. The number of aromatic nitrogens is 3. The second-order valence-electron chi connectivity index (χ2n) is 6.30. The Balaban J connectivity index is 1.94. The van der Waals surface area contributed by atoms with Crippen LogP contribution in [-0.2, 0) is 11.3 Å². The van der Waals surface area contributed by atoms with E-state index in [1.165, 1.54) is 16.7 Å². The Kier molecular flexibility index (Phi) is 4.53. The first-order chi connectivity index (χ1) is 13.8. The molecule has 12 heteroatoms. The lowest BCUT2D eigenvalue weighted by Gasteiger charge is -2.27. The van der Waals surface area contributed by atoms with Gasteiger partial charge in [-0.05, 0) is 18.2 Å². The van der Waals surface area contributed by atoms with Gasteiger partial charge in [-0.1, -0.05) is 11.6 Å². The highest BCUT2D eigenvalue weighted by Crippen LogP contribution is 2.41. The van der Waals surface area contributed by atoms with E-state index in [0.29, 0.717) is 4.68 Å². The Bertz CT molecular complexity index is 1140. The maximum Gasteiger partial charge on any atom is 0.333 e. The van der Waals surface area contributed by atoms with Gasteiger partial charge in [0.1, 0.15) is 24.1 Å². The van der Waals surface area contributed by atoms with E-state index in [0.717, 1.165) is 24.5 Å². The van der Waals surface area contributed by atoms with Gasteiger partial charge in [-0.15, -0.1) is 0 Å². The fourth-order valence-electron chi connectivity index (χ4n) is 3.37. The van der Waals surface area contributed by atoms with Gasteiger partial charge < -0.3 is 9.88 Å². The molecule has 8 nitrogen and oxygen atoms in total. The molecule has 0 fully saturated rings. The van der Waals surface area contributed by atoms with Crippen LogP contribution in [0.1, 0.15) is 23.8 Å². The number of halogens is 4. The third-order valence-electron chi connectivity index (χ3n) is 4.56. The van der Waals surface area contributed by atoms with E-state index in [2.05, 4.69) is 10.4 Å². The zero-order chi connectivity index (χ0) is 20.9. The minimum atomic E-state index is -2.89. The summed E-state index contributed by atoms with van der Waals surface area (Å²) in [5.74, 6) is -1.14. The molecule has 0 radical (unpaired) electrons. The maximum atomic E-state index is 13.8. The van der Waals surface area contributed by atoms with Crippen LogP contribution >= 0.6 is 11.6 Å². The van der Waals surface area contributed by atoms with E-state index in [9.17, 15) is 28.1 Å². The molecule has 150 valence electrons. The normalized spacial score (nSPS) is 16.0. The topological polar surface area (TPSA) is 95.0 Å². The number of benzene rings is 1. The lowest BCUT2D eigenvalue weighted by molar-refractivity contribution is -0.385. The van der Waals surface area contributed by atoms with Crippen LogP contribution in [0.25, 0.3) is 11.3 Å². The standard InChI is InChI=1S/C17H11ClF3N5O3/c18-11-2-1-9(19)3-10(11)15-16-13(26(28)29)4-12(24(16)7-14(27)23-15)8-5-22-25(6-8)17(20)21/h1-6,15,17H,7H2,(H,23,27).